The lowest BCUT2D eigenvalue weighted by atomic mass is 9.98. The number of nitrogens with two attached hydrogens (primary N) is 4. The molecule has 0 unspecified atom stereocenters. The number of carbonyl (C=O) groups excluding carboxylic acids is 17. The minimum absolute atomic E-state index is 0.00193. The summed E-state index contributed by atoms with van der Waals surface area (Å²) in [5.41, 5.74) is 26.2. The zero-order chi connectivity index (χ0) is 106. The lowest BCUT2D eigenvalue weighted by Gasteiger charge is -2.32. The minimum atomic E-state index is -2.11. The molecule has 1 fully saturated rings. The fourth-order valence-corrected chi connectivity index (χ4v) is 16.5. The van der Waals surface area contributed by atoms with Crippen molar-refractivity contribution in [3.8, 4) is 11.1 Å². The highest BCUT2D eigenvalue weighted by atomic mass is 32.2. The van der Waals surface area contributed by atoms with Crippen LogP contribution in [0.4, 0.5) is 0 Å². The number of aliphatic hydroxyl groups excluding tert-OH is 1. The van der Waals surface area contributed by atoms with Crippen molar-refractivity contribution in [3.05, 3.63) is 167 Å². The lowest BCUT2D eigenvalue weighted by molar-refractivity contribution is -0.143. The molecule has 144 heavy (non-hydrogen) atoms. The van der Waals surface area contributed by atoms with Crippen LogP contribution in [0.25, 0.3) is 22.0 Å². The number of likely N-dealkylation sites (N-methyl/N-ethyl adjacent to an activating group) is 1. The van der Waals surface area contributed by atoms with Gasteiger partial charge in [-0.25, -0.2) is 0 Å². The summed E-state index contributed by atoms with van der Waals surface area (Å²) in [6, 6.07) is 12.1. The maximum Gasteiger partial charge on any atom is 0.305 e. The minimum Gasteiger partial charge on any atom is -0.481 e. The molecule has 0 radical (unpaired) electrons. The molecule has 44 nitrogen and oxygen atoms in total. The number of hydrogen-bond acceptors (Lipinski definition) is 22. The highest BCUT2D eigenvalue weighted by molar-refractivity contribution is 8.00. The number of H-pyrrole nitrogens is 1. The van der Waals surface area contributed by atoms with Crippen LogP contribution in [0.15, 0.2) is 140 Å². The standard InChI is InChI=1S/C99H138N24O20S/c1-51(2)41-69-86(132)111-67(29-21-39-106-98(102)103)85(131)114-70(42-52(3)4)91(137)121-80(54(7)8)95(141)122-81(57(11)124)96(142)119-76(93(139)109-55(9)82(100)128)49-144-50-77(125)110-71(43-58-23-15-13-16-24-58)87(133)115-72(44-60-33-37-63(38-34-60)83(101)129)89(135)117-75(47-78(126)127)90(136)116-74(46-64-48-108-66-28-20-19-27-65(64)66)92(138)120-79(53(5)6)94(140)118-73(45-59-31-35-62(36-32-59)61-25-17-14-18-26-61)88(134)112-68(30-22-40-107-99(104)105)97(143)123(12)56(10)84(130)113-69/h13-20,23-28,31-38,48,51-57,67-76,79-81,108,124H,21-22,29-30,39-47,49-50H2,1-12H3,(H2,100,128)(H2,101,129)(H,109,139)(H,110,125)(H,111,132)(H,112,134)(H,113,130)(H,114,131)(H,115,133)(H,116,136)(H,117,135)(H,118,140)(H,119,142)(H,120,138)(H,121,137)(H,122,141)(H,126,127)(H4,102,103,106)(H4,104,105,107)/t55-,56-,57+,67-,68-,69+,70-,71-,72-,73-,74-,75-,76-,79-,80-,81-/m0/s1. The van der Waals surface area contributed by atoms with Gasteiger partial charge in [0.15, 0.2) is 11.9 Å². The molecule has 1 aliphatic heterocycles. The number of nitrogens with zero attached hydrogens (tertiary/aromatic N) is 1. The highest BCUT2D eigenvalue weighted by Crippen LogP contribution is 2.25. The van der Waals surface area contributed by atoms with Crippen molar-refractivity contribution < 1.29 is 96.5 Å². The van der Waals surface area contributed by atoms with Gasteiger partial charge in [-0.2, -0.15) is 0 Å². The predicted octanol–water partition coefficient (Wildman–Crippen LogP) is -1.12. The van der Waals surface area contributed by atoms with Gasteiger partial charge < -0.3 is 128 Å². The second kappa shape index (κ2) is 56.6. The molecular weight excluding hydrogens is 1880 g/mol. The molecule has 0 saturated carbocycles. The summed E-state index contributed by atoms with van der Waals surface area (Å²) in [5.74, 6) is -23.3. The van der Waals surface area contributed by atoms with Crippen molar-refractivity contribution >= 4 is 141 Å². The van der Waals surface area contributed by atoms with Crippen molar-refractivity contribution in [2.45, 2.75) is 244 Å². The number of guanidine groups is 2. The summed E-state index contributed by atoms with van der Waals surface area (Å²) in [7, 11) is 1.26. The number of hydrogen-bond donors (Lipinski definition) is 25. The van der Waals surface area contributed by atoms with Crippen LogP contribution in [0.5, 0.6) is 0 Å². The molecule has 16 atom stereocenters. The summed E-state index contributed by atoms with van der Waals surface area (Å²) in [4.78, 5) is 267. The molecule has 0 spiro atoms. The number of aliphatic carboxylic acids is 1. The molecule has 2 heterocycles. The highest BCUT2D eigenvalue weighted by Gasteiger charge is 2.42. The Hall–Kier alpha value is -15.1. The topological polar surface area (TPSA) is 711 Å². The largest absolute Gasteiger partial charge is 0.481 e. The van der Waals surface area contributed by atoms with Gasteiger partial charge in [-0.15, -0.1) is 11.8 Å². The zero-order valence-corrected chi connectivity index (χ0v) is 83.7. The SMILES string of the molecule is CC(C)C[C@@H]1NC(=O)[C@H](CCCNC(=N)N)NC(=O)[C@@H](CC(C)C)NC(=O)[C@H](C)N(C)C(=O)[C@H](CCCNC(=N)N)NC(=O)[C@H](Cc2ccc(-c3ccccc3)cc2)NC(=O)[C@H](C(C)C)NC(=O)[C@H](Cc2c[nH]c3ccccc23)NC(=O)[C@H](CC(=O)O)NC(=O)[C@H](Cc2ccc(C(N)=O)cc2)NC(=O)[C@H](Cc2ccccc2)NC(=O)CSC[C@@H](C(=O)N[C@@H](C)C(N)=O)NC(=O)[C@H]([C@@H](C)O)NC(=O)[C@H](C(C)C)NC1=O. The number of primary amides is 2. The van der Waals surface area contributed by atoms with Gasteiger partial charge in [0.05, 0.1) is 18.3 Å². The van der Waals surface area contributed by atoms with Crippen molar-refractivity contribution in [2.75, 3.05) is 31.6 Å². The monoisotopic (exact) mass is 2020 g/mol. The first-order valence-electron chi connectivity index (χ1n) is 47.6. The van der Waals surface area contributed by atoms with Gasteiger partial charge >= 0.3 is 5.97 Å². The summed E-state index contributed by atoms with van der Waals surface area (Å²) >= 11 is 0.698. The average molecular weight is 2020 g/mol. The Morgan fingerprint density at radius 2 is 0.840 bits per heavy atom. The number of rotatable bonds is 30. The van der Waals surface area contributed by atoms with Gasteiger partial charge in [-0.3, -0.25) is 97.1 Å². The number of carboxylic acids is 1. The maximum atomic E-state index is 15.5. The van der Waals surface area contributed by atoms with Crippen LogP contribution in [0.2, 0.25) is 0 Å². The van der Waals surface area contributed by atoms with E-state index >= 15 is 33.6 Å². The Morgan fingerprint density at radius 3 is 1.35 bits per heavy atom. The van der Waals surface area contributed by atoms with Crippen LogP contribution in [0, 0.1) is 34.5 Å². The van der Waals surface area contributed by atoms with E-state index in [2.05, 4.69) is 90.1 Å². The molecule has 45 heteroatoms. The van der Waals surface area contributed by atoms with Gasteiger partial charge in [0.2, 0.25) is 100 Å². The number of aromatic nitrogens is 1. The molecular formula is C99H138N24O20S. The summed E-state index contributed by atoms with van der Waals surface area (Å²) < 4.78 is 0. The van der Waals surface area contributed by atoms with E-state index in [4.69, 9.17) is 33.8 Å². The average Bonchev–Trinajstić information content (AvgIpc) is 1.67. The van der Waals surface area contributed by atoms with Crippen LogP contribution >= 0.6 is 11.8 Å². The molecule has 1 saturated heterocycles. The Balaban J connectivity index is 1.37. The molecule has 0 bridgehead atoms. The third kappa shape index (κ3) is 37.1. The van der Waals surface area contributed by atoms with Crippen molar-refractivity contribution in [2.24, 2.45) is 46.6 Å². The number of nitrogens with one attached hydrogen (secondary N) is 19. The molecule has 29 N–H and O–H groups in total. The van der Waals surface area contributed by atoms with Gasteiger partial charge in [-0.05, 0) is 135 Å². The molecule has 7 rings (SSSR count). The Kier molecular flexibility index (Phi) is 45.5. The molecule has 5 aromatic carbocycles. The van der Waals surface area contributed by atoms with Crippen LogP contribution in [0.1, 0.15) is 154 Å². The Bertz CT molecular complexity index is 5500. The third-order valence-corrected chi connectivity index (χ3v) is 24.9. The number of amides is 17. The van der Waals surface area contributed by atoms with Crippen molar-refractivity contribution in [3.63, 3.8) is 0 Å². The predicted molar refractivity (Wildman–Crippen MR) is 539 cm³/mol. The lowest BCUT2D eigenvalue weighted by Crippen LogP contribution is -2.62. The third-order valence-electron chi connectivity index (χ3n) is 23.8. The van der Waals surface area contributed by atoms with E-state index in [-0.39, 0.29) is 87.4 Å². The van der Waals surface area contributed by atoms with E-state index in [1.54, 1.807) is 127 Å². The van der Waals surface area contributed by atoms with Crippen LogP contribution < -0.4 is 108 Å². The van der Waals surface area contributed by atoms with Gasteiger partial charge in [0.25, 0.3) is 0 Å². The van der Waals surface area contributed by atoms with E-state index in [1.807, 2.05) is 30.3 Å². The maximum absolute atomic E-state index is 15.5. The van der Waals surface area contributed by atoms with Gasteiger partial charge in [-0.1, -0.05) is 171 Å². The van der Waals surface area contributed by atoms with Crippen molar-refractivity contribution in [1.29, 1.82) is 10.8 Å². The molecule has 0 aliphatic carbocycles. The van der Waals surface area contributed by atoms with E-state index in [0.717, 1.165) is 23.0 Å². The fraction of sp³-hybridized carbons (Fsp3) is 0.475. The van der Waals surface area contributed by atoms with Gasteiger partial charge in [0.1, 0.15) is 90.6 Å². The first-order valence-corrected chi connectivity index (χ1v) is 48.8. The number of carboxylic acid groups (broad SMARTS) is 1. The molecule has 1 aromatic heterocycles. The first kappa shape index (κ1) is 116. The Morgan fingerprint density at radius 1 is 0.444 bits per heavy atom. The normalized spacial score (nSPS) is 22.8. The zero-order valence-electron chi connectivity index (χ0n) is 82.8. The molecule has 17 amide bonds. The first-order chi connectivity index (χ1) is 68.1. The number of thioether (sulfide) groups is 1. The quantitative estimate of drug-likeness (QED) is 0.0144. The summed E-state index contributed by atoms with van der Waals surface area (Å²) in [5, 5.41) is 80.1. The number of aliphatic hydroxyl groups is 1. The van der Waals surface area contributed by atoms with Gasteiger partial charge in [0, 0.05) is 74.2 Å². The smallest absolute Gasteiger partial charge is 0.305 e. The second-order valence-electron chi connectivity index (χ2n) is 37.2. The number of carbonyl (C=O) groups is 18. The summed E-state index contributed by atoms with van der Waals surface area (Å²) in [6.07, 6.45) is -3.33. The number of para-hydroxylation sites is 1. The summed E-state index contributed by atoms with van der Waals surface area (Å²) in [6.45, 7) is 16.8. The second-order valence-corrected chi connectivity index (χ2v) is 38.3. The van der Waals surface area contributed by atoms with Crippen LogP contribution in [-0.4, -0.2) is 267 Å². The molecule has 780 valence electrons. The van der Waals surface area contributed by atoms with E-state index in [0.29, 0.717) is 39.4 Å². The van der Waals surface area contributed by atoms with Crippen LogP contribution in [0.3, 0.4) is 0 Å². The van der Waals surface area contributed by atoms with Crippen molar-refractivity contribution in [1.82, 2.24) is 95.0 Å². The fourth-order valence-electron chi connectivity index (χ4n) is 15.7. The van der Waals surface area contributed by atoms with E-state index in [1.165, 1.54) is 59.0 Å². The molecule has 6 aromatic rings. The number of aromatic amines is 1. The Labute approximate surface area is 839 Å². The molecule has 1 aliphatic rings. The van der Waals surface area contributed by atoms with E-state index < -0.39 is 258 Å². The number of fused-ring (bicyclic) bond motifs is 1. The number of benzene rings is 5. The van der Waals surface area contributed by atoms with Crippen LogP contribution in [-0.2, 0) is 107 Å². The van der Waals surface area contributed by atoms with E-state index in [9.17, 15) is 63.0 Å².